The molecule has 0 unspecified atom stereocenters. The second-order valence-corrected chi connectivity index (χ2v) is 6.92. The van der Waals surface area contributed by atoms with Gasteiger partial charge in [0.1, 0.15) is 0 Å². The Bertz CT molecular complexity index is 902. The normalized spacial score (nSPS) is 16.5. The van der Waals surface area contributed by atoms with Crippen LogP contribution in [-0.4, -0.2) is 60.7 Å². The molecule has 4 rings (SSSR count). The number of anilines is 1. The Hall–Kier alpha value is -3.15. The van der Waals surface area contributed by atoms with Gasteiger partial charge in [0.25, 0.3) is 11.8 Å². The summed E-state index contributed by atoms with van der Waals surface area (Å²) < 4.78 is 0. The number of piperazine rings is 1. The summed E-state index contributed by atoms with van der Waals surface area (Å²) in [7, 11) is 1.75. The van der Waals surface area contributed by atoms with Crippen molar-refractivity contribution in [2.45, 2.75) is 6.42 Å². The average molecular weight is 363 g/mol. The molecule has 0 aromatic heterocycles. The van der Waals surface area contributed by atoms with Crippen LogP contribution in [0, 0.1) is 0 Å². The molecule has 0 N–H and O–H groups in total. The van der Waals surface area contributed by atoms with Crippen LogP contribution in [0.4, 0.5) is 5.69 Å². The van der Waals surface area contributed by atoms with Crippen molar-refractivity contribution in [2.75, 3.05) is 38.1 Å². The number of likely N-dealkylation sites (N-methyl/N-ethyl adjacent to an activating group) is 1. The van der Waals surface area contributed by atoms with E-state index in [1.54, 1.807) is 27.8 Å². The number of nitrogens with zero attached hydrogens (tertiary/aromatic N) is 3. The van der Waals surface area contributed by atoms with Gasteiger partial charge in [-0.25, -0.2) is 0 Å². The van der Waals surface area contributed by atoms with E-state index >= 15 is 0 Å². The Morgan fingerprint density at radius 2 is 1.41 bits per heavy atom. The lowest BCUT2D eigenvalue weighted by molar-refractivity contribution is -0.117. The molecule has 6 heteroatoms. The maximum atomic E-state index is 12.8. The number of hydrogen-bond donors (Lipinski definition) is 0. The topological polar surface area (TPSA) is 60.9 Å². The zero-order valence-corrected chi connectivity index (χ0v) is 15.2. The van der Waals surface area contributed by atoms with Crippen molar-refractivity contribution in [3.05, 3.63) is 65.2 Å². The largest absolute Gasteiger partial charge is 0.335 e. The van der Waals surface area contributed by atoms with Crippen LogP contribution in [0.25, 0.3) is 0 Å². The van der Waals surface area contributed by atoms with Crippen LogP contribution in [-0.2, 0) is 11.2 Å². The van der Waals surface area contributed by atoms with E-state index in [0.29, 0.717) is 43.7 Å². The van der Waals surface area contributed by atoms with E-state index in [-0.39, 0.29) is 17.7 Å². The molecule has 1 fully saturated rings. The van der Waals surface area contributed by atoms with Crippen LogP contribution >= 0.6 is 0 Å². The molecule has 27 heavy (non-hydrogen) atoms. The van der Waals surface area contributed by atoms with Gasteiger partial charge in [0.2, 0.25) is 5.91 Å². The summed E-state index contributed by atoms with van der Waals surface area (Å²) in [6.07, 6.45) is 0.340. The minimum atomic E-state index is -0.0494. The van der Waals surface area contributed by atoms with E-state index in [4.69, 9.17) is 0 Å². The fourth-order valence-corrected chi connectivity index (χ4v) is 3.66. The zero-order valence-electron chi connectivity index (χ0n) is 15.2. The van der Waals surface area contributed by atoms with Gasteiger partial charge in [0, 0.05) is 50.0 Å². The molecule has 2 heterocycles. The lowest BCUT2D eigenvalue weighted by Gasteiger charge is -2.35. The molecular weight excluding hydrogens is 342 g/mol. The average Bonchev–Trinajstić information content (AvgIpc) is 3.01. The maximum absolute atomic E-state index is 12.8. The van der Waals surface area contributed by atoms with Crippen LogP contribution in [0.5, 0.6) is 0 Å². The van der Waals surface area contributed by atoms with Crippen molar-refractivity contribution in [3.63, 3.8) is 0 Å². The Balaban J connectivity index is 1.42. The van der Waals surface area contributed by atoms with Crippen LogP contribution < -0.4 is 4.90 Å². The molecule has 0 radical (unpaired) electrons. The number of amides is 3. The summed E-state index contributed by atoms with van der Waals surface area (Å²) in [5, 5.41) is 0. The maximum Gasteiger partial charge on any atom is 0.253 e. The quantitative estimate of drug-likeness (QED) is 0.818. The van der Waals surface area contributed by atoms with Gasteiger partial charge in [-0.15, -0.1) is 0 Å². The summed E-state index contributed by atoms with van der Waals surface area (Å²) in [6.45, 7) is 2.05. The van der Waals surface area contributed by atoms with Crippen molar-refractivity contribution < 1.29 is 14.4 Å². The Labute approximate surface area is 158 Å². The molecule has 138 valence electrons. The molecule has 0 bridgehead atoms. The first-order valence-electron chi connectivity index (χ1n) is 9.07. The molecule has 2 aliphatic rings. The molecule has 2 aromatic carbocycles. The molecule has 0 aliphatic carbocycles. The minimum absolute atomic E-state index is 0.00165. The summed E-state index contributed by atoms with van der Waals surface area (Å²) in [6, 6.07) is 14.6. The highest BCUT2D eigenvalue weighted by molar-refractivity contribution is 6.03. The fourth-order valence-electron chi connectivity index (χ4n) is 3.66. The minimum Gasteiger partial charge on any atom is -0.335 e. The van der Waals surface area contributed by atoms with E-state index in [9.17, 15) is 14.4 Å². The molecule has 2 aliphatic heterocycles. The smallest absolute Gasteiger partial charge is 0.253 e. The van der Waals surface area contributed by atoms with E-state index in [2.05, 4.69) is 0 Å². The van der Waals surface area contributed by atoms with Crippen molar-refractivity contribution >= 4 is 23.4 Å². The van der Waals surface area contributed by atoms with Gasteiger partial charge in [-0.3, -0.25) is 14.4 Å². The van der Waals surface area contributed by atoms with Crippen LogP contribution in [0.3, 0.4) is 0 Å². The Kier molecular flexibility index (Phi) is 4.39. The molecule has 0 atom stereocenters. The molecule has 0 spiro atoms. The third-order valence-corrected chi connectivity index (χ3v) is 5.28. The van der Waals surface area contributed by atoms with Crippen LogP contribution in [0.2, 0.25) is 0 Å². The Morgan fingerprint density at radius 1 is 0.815 bits per heavy atom. The molecule has 0 saturated carbocycles. The first-order chi connectivity index (χ1) is 13.0. The number of fused-ring (bicyclic) bond motifs is 1. The van der Waals surface area contributed by atoms with Gasteiger partial charge in [-0.2, -0.15) is 0 Å². The second kappa shape index (κ2) is 6.87. The standard InChI is InChI=1S/C21H21N3O3/c1-22-18-8-7-16(13-17(18)14-19(22)25)21(27)24-11-9-23(10-12-24)20(26)15-5-3-2-4-6-15/h2-8,13H,9-12,14H2,1H3. The van der Waals surface area contributed by atoms with E-state index in [1.807, 2.05) is 42.5 Å². The summed E-state index contributed by atoms with van der Waals surface area (Å²) in [5.41, 5.74) is 3.03. The predicted molar refractivity (Wildman–Crippen MR) is 102 cm³/mol. The fraction of sp³-hybridized carbons (Fsp3) is 0.286. The number of rotatable bonds is 2. The van der Waals surface area contributed by atoms with Crippen LogP contribution in [0.15, 0.2) is 48.5 Å². The van der Waals surface area contributed by atoms with Gasteiger partial charge in [0.15, 0.2) is 0 Å². The number of hydrogen-bond acceptors (Lipinski definition) is 3. The van der Waals surface area contributed by atoms with Gasteiger partial charge in [-0.05, 0) is 35.9 Å². The summed E-state index contributed by atoms with van der Waals surface area (Å²) in [4.78, 5) is 42.4. The molecule has 2 aromatic rings. The highest BCUT2D eigenvalue weighted by Gasteiger charge is 2.28. The highest BCUT2D eigenvalue weighted by atomic mass is 16.2. The van der Waals surface area contributed by atoms with E-state index in [0.717, 1.165) is 11.3 Å². The van der Waals surface area contributed by atoms with Gasteiger partial charge in [-0.1, -0.05) is 18.2 Å². The lowest BCUT2D eigenvalue weighted by Crippen LogP contribution is -2.50. The van der Waals surface area contributed by atoms with Crippen molar-refractivity contribution in [3.8, 4) is 0 Å². The summed E-state index contributed by atoms with van der Waals surface area (Å²) in [5.74, 6) is -0.00368. The molecular formula is C21H21N3O3. The predicted octanol–water partition coefficient (Wildman–Crippen LogP) is 1.80. The van der Waals surface area contributed by atoms with Gasteiger partial charge in [0.05, 0.1) is 6.42 Å². The second-order valence-electron chi connectivity index (χ2n) is 6.92. The Morgan fingerprint density at radius 3 is 2.04 bits per heavy atom. The van der Waals surface area contributed by atoms with Crippen molar-refractivity contribution in [1.29, 1.82) is 0 Å². The monoisotopic (exact) mass is 363 g/mol. The first kappa shape index (κ1) is 17.3. The van der Waals surface area contributed by atoms with E-state index < -0.39 is 0 Å². The molecule has 6 nitrogen and oxygen atoms in total. The molecule has 1 saturated heterocycles. The highest BCUT2D eigenvalue weighted by Crippen LogP contribution is 2.28. The van der Waals surface area contributed by atoms with Gasteiger partial charge < -0.3 is 14.7 Å². The number of carbonyl (C=O) groups excluding carboxylic acids is 3. The third-order valence-electron chi connectivity index (χ3n) is 5.28. The van der Waals surface area contributed by atoms with Gasteiger partial charge >= 0.3 is 0 Å². The number of benzene rings is 2. The van der Waals surface area contributed by atoms with Crippen molar-refractivity contribution in [2.24, 2.45) is 0 Å². The summed E-state index contributed by atoms with van der Waals surface area (Å²) >= 11 is 0. The van der Waals surface area contributed by atoms with Crippen molar-refractivity contribution in [1.82, 2.24) is 9.80 Å². The molecule has 3 amide bonds. The van der Waals surface area contributed by atoms with Crippen LogP contribution in [0.1, 0.15) is 26.3 Å². The zero-order chi connectivity index (χ0) is 19.0. The first-order valence-corrected chi connectivity index (χ1v) is 9.07. The number of carbonyl (C=O) groups is 3. The SMILES string of the molecule is CN1C(=O)Cc2cc(C(=O)N3CCN(C(=O)c4ccccc4)CC3)ccc21. The lowest BCUT2D eigenvalue weighted by atomic mass is 10.1. The van der Waals surface area contributed by atoms with E-state index in [1.165, 1.54) is 0 Å². The third kappa shape index (κ3) is 3.18.